The van der Waals surface area contributed by atoms with Crippen molar-refractivity contribution < 1.29 is 18.7 Å². The van der Waals surface area contributed by atoms with Crippen LogP contribution in [0.15, 0.2) is 33.5 Å². The Morgan fingerprint density at radius 1 is 1.11 bits per heavy atom. The molecule has 5 heteroatoms. The van der Waals surface area contributed by atoms with Crippen LogP contribution in [0.2, 0.25) is 0 Å². The second-order valence-electron chi connectivity index (χ2n) is 9.21. The highest BCUT2D eigenvalue weighted by atomic mass is 16.5. The summed E-state index contributed by atoms with van der Waals surface area (Å²) >= 11 is 0. The minimum Gasteiger partial charge on any atom is -0.497 e. The van der Waals surface area contributed by atoms with E-state index in [1.807, 2.05) is 12.1 Å². The van der Waals surface area contributed by atoms with Gasteiger partial charge in [-0.1, -0.05) is 0 Å². The van der Waals surface area contributed by atoms with E-state index in [4.69, 9.17) is 13.9 Å². The Balaban J connectivity index is 1.30. The van der Waals surface area contributed by atoms with E-state index < -0.39 is 5.63 Å². The number of hydrogen-bond acceptors (Lipinski definition) is 5. The summed E-state index contributed by atoms with van der Waals surface area (Å²) < 4.78 is 16.1. The third-order valence-corrected chi connectivity index (χ3v) is 7.11. The summed E-state index contributed by atoms with van der Waals surface area (Å²) in [4.78, 5) is 24.6. The molecule has 4 aliphatic rings. The molecule has 0 amide bonds. The first kappa shape index (κ1) is 17.8. The molecule has 2 aromatic rings. The lowest BCUT2D eigenvalue weighted by molar-refractivity contribution is -0.153. The van der Waals surface area contributed by atoms with Gasteiger partial charge in [-0.15, -0.1) is 0 Å². The number of hydrogen-bond donors (Lipinski definition) is 0. The van der Waals surface area contributed by atoms with Crippen LogP contribution in [0.5, 0.6) is 5.75 Å². The maximum Gasteiger partial charge on any atom is 0.336 e. The van der Waals surface area contributed by atoms with E-state index in [-0.39, 0.29) is 18.0 Å². The summed E-state index contributed by atoms with van der Waals surface area (Å²) in [6.07, 6.45) is 8.17. The minimum atomic E-state index is -0.451. The van der Waals surface area contributed by atoms with Crippen molar-refractivity contribution >= 4 is 16.9 Å². The van der Waals surface area contributed by atoms with E-state index in [0.29, 0.717) is 23.3 Å². The molecular weight excluding hydrogens is 356 g/mol. The molecule has 5 nitrogen and oxygen atoms in total. The monoisotopic (exact) mass is 382 g/mol. The number of carbonyl (C=O) groups is 1. The van der Waals surface area contributed by atoms with Crippen molar-refractivity contribution in [3.63, 3.8) is 0 Å². The van der Waals surface area contributed by atoms with Crippen molar-refractivity contribution in [2.75, 3.05) is 7.11 Å². The topological polar surface area (TPSA) is 65.7 Å². The Hall–Kier alpha value is -2.30. The highest BCUT2D eigenvalue weighted by Gasteiger charge is 2.51. The van der Waals surface area contributed by atoms with E-state index in [9.17, 15) is 9.59 Å². The van der Waals surface area contributed by atoms with Crippen molar-refractivity contribution in [1.82, 2.24) is 0 Å². The molecule has 4 bridgehead atoms. The van der Waals surface area contributed by atoms with Crippen LogP contribution < -0.4 is 10.4 Å². The van der Waals surface area contributed by atoms with Gasteiger partial charge < -0.3 is 13.9 Å². The largest absolute Gasteiger partial charge is 0.497 e. The van der Waals surface area contributed by atoms with Crippen LogP contribution in [-0.4, -0.2) is 13.1 Å². The lowest BCUT2D eigenvalue weighted by Crippen LogP contribution is -2.47. The molecule has 0 unspecified atom stereocenters. The van der Waals surface area contributed by atoms with Crippen LogP contribution in [0, 0.1) is 23.2 Å². The van der Waals surface area contributed by atoms with Crippen molar-refractivity contribution in [2.24, 2.45) is 23.2 Å². The number of benzene rings is 1. The van der Waals surface area contributed by atoms with Crippen LogP contribution in [0.3, 0.4) is 0 Å². The third kappa shape index (κ3) is 3.21. The average Bonchev–Trinajstić information content (AvgIpc) is 2.64. The zero-order valence-corrected chi connectivity index (χ0v) is 16.2. The molecule has 0 atom stereocenters. The molecule has 0 spiro atoms. The van der Waals surface area contributed by atoms with Gasteiger partial charge in [0.1, 0.15) is 17.9 Å². The van der Waals surface area contributed by atoms with E-state index in [1.165, 1.54) is 44.6 Å². The van der Waals surface area contributed by atoms with Crippen molar-refractivity contribution in [1.29, 1.82) is 0 Å². The van der Waals surface area contributed by atoms with Crippen LogP contribution in [0.25, 0.3) is 11.0 Å². The van der Waals surface area contributed by atoms with Crippen LogP contribution in [0.1, 0.15) is 50.5 Å². The number of ether oxygens (including phenoxy) is 2. The zero-order valence-electron chi connectivity index (χ0n) is 16.2. The summed E-state index contributed by atoms with van der Waals surface area (Å²) in [5, 5.41) is 0.767. The number of fused-ring (bicyclic) bond motifs is 1. The van der Waals surface area contributed by atoms with Gasteiger partial charge >= 0.3 is 11.6 Å². The molecule has 0 saturated heterocycles. The van der Waals surface area contributed by atoms with Gasteiger partial charge in [0, 0.05) is 23.1 Å². The first-order valence-corrected chi connectivity index (χ1v) is 10.3. The number of esters is 1. The molecule has 0 aliphatic heterocycles. The molecule has 0 radical (unpaired) electrons. The van der Waals surface area contributed by atoms with E-state index >= 15 is 0 Å². The van der Waals surface area contributed by atoms with Crippen LogP contribution in [-0.2, 0) is 16.1 Å². The standard InChI is InChI=1S/C23H26O5/c1-26-18-2-3-19-17(7-21(24)28-20(19)8-18)13-27-22(25)12-23-9-14-4-15(10-23)6-16(5-14)11-23/h2-3,7-8,14-16H,4-6,9-13H2,1H3. The average molecular weight is 382 g/mol. The Kier molecular flexibility index (Phi) is 4.22. The van der Waals surface area contributed by atoms with Gasteiger partial charge in [-0.25, -0.2) is 4.79 Å². The molecular formula is C23H26O5. The van der Waals surface area contributed by atoms with E-state index in [1.54, 1.807) is 13.2 Å². The van der Waals surface area contributed by atoms with Gasteiger partial charge in [0.15, 0.2) is 0 Å². The molecule has 28 heavy (non-hydrogen) atoms. The minimum absolute atomic E-state index is 0.0969. The van der Waals surface area contributed by atoms with E-state index in [2.05, 4.69) is 0 Å². The first-order chi connectivity index (χ1) is 13.5. The molecule has 1 aromatic carbocycles. The Labute approximate surface area is 164 Å². The van der Waals surface area contributed by atoms with Crippen molar-refractivity contribution in [2.45, 2.75) is 51.6 Å². The summed E-state index contributed by atoms with van der Waals surface area (Å²) in [7, 11) is 1.56. The smallest absolute Gasteiger partial charge is 0.336 e. The third-order valence-electron chi connectivity index (χ3n) is 7.11. The molecule has 4 saturated carbocycles. The van der Waals surface area contributed by atoms with Crippen LogP contribution >= 0.6 is 0 Å². The fraction of sp³-hybridized carbons (Fsp3) is 0.565. The normalized spacial score (nSPS) is 30.5. The van der Waals surface area contributed by atoms with E-state index in [0.717, 1.165) is 23.1 Å². The van der Waals surface area contributed by atoms with Gasteiger partial charge in [0.25, 0.3) is 0 Å². The Morgan fingerprint density at radius 2 is 1.79 bits per heavy atom. The van der Waals surface area contributed by atoms with Gasteiger partial charge in [-0.2, -0.15) is 0 Å². The molecule has 148 valence electrons. The highest BCUT2D eigenvalue weighted by molar-refractivity contribution is 5.81. The quantitative estimate of drug-likeness (QED) is 0.565. The Morgan fingerprint density at radius 3 is 2.43 bits per heavy atom. The summed E-state index contributed by atoms with van der Waals surface area (Å²) in [6.45, 7) is 0.0969. The maximum atomic E-state index is 12.7. The molecule has 0 N–H and O–H groups in total. The summed E-state index contributed by atoms with van der Waals surface area (Å²) in [6, 6.07) is 6.73. The summed E-state index contributed by atoms with van der Waals surface area (Å²) in [5.74, 6) is 2.92. The predicted molar refractivity (Wildman–Crippen MR) is 104 cm³/mol. The fourth-order valence-corrected chi connectivity index (χ4v) is 6.48. The van der Waals surface area contributed by atoms with Gasteiger partial charge in [-0.05, 0) is 73.8 Å². The fourth-order valence-electron chi connectivity index (χ4n) is 6.48. The second kappa shape index (κ2) is 6.64. The van der Waals surface area contributed by atoms with Gasteiger partial charge in [0.2, 0.25) is 0 Å². The number of rotatable bonds is 5. The molecule has 6 rings (SSSR count). The first-order valence-electron chi connectivity index (χ1n) is 10.3. The molecule has 1 heterocycles. The SMILES string of the molecule is COc1ccc2c(COC(=O)CC34CC5CC(CC(C5)C3)C4)cc(=O)oc2c1. The van der Waals surface area contributed by atoms with Crippen LogP contribution in [0.4, 0.5) is 0 Å². The highest BCUT2D eigenvalue weighted by Crippen LogP contribution is 2.61. The molecule has 4 aliphatic carbocycles. The summed E-state index contributed by atoms with van der Waals surface area (Å²) in [5.41, 5.74) is 0.830. The van der Waals surface area contributed by atoms with Crippen molar-refractivity contribution in [3.8, 4) is 5.75 Å². The number of methoxy groups -OCH3 is 1. The maximum absolute atomic E-state index is 12.7. The second-order valence-corrected chi connectivity index (χ2v) is 9.21. The molecule has 4 fully saturated rings. The number of carbonyl (C=O) groups excluding carboxylic acids is 1. The lowest BCUT2D eigenvalue weighted by atomic mass is 9.49. The zero-order chi connectivity index (χ0) is 19.3. The lowest BCUT2D eigenvalue weighted by Gasteiger charge is -2.56. The van der Waals surface area contributed by atoms with Crippen molar-refractivity contribution in [3.05, 3.63) is 40.2 Å². The Bertz CT molecular complexity index is 937. The molecule has 1 aromatic heterocycles. The predicted octanol–water partition coefficient (Wildman–Crippen LogP) is 4.45. The van der Waals surface area contributed by atoms with Gasteiger partial charge in [-0.3, -0.25) is 4.79 Å². The van der Waals surface area contributed by atoms with Gasteiger partial charge in [0.05, 0.1) is 13.5 Å².